The van der Waals surface area contributed by atoms with Crippen molar-refractivity contribution in [3.05, 3.63) is 51.5 Å². The lowest BCUT2D eigenvalue weighted by molar-refractivity contribution is -0.140. The minimum Gasteiger partial charge on any atom is -0.357 e. The molecular formula is C18H21F3N4S. The number of thiazole rings is 1. The molecule has 0 saturated heterocycles. The Kier molecular flexibility index (Phi) is 5.50. The van der Waals surface area contributed by atoms with E-state index in [1.807, 2.05) is 19.1 Å². The van der Waals surface area contributed by atoms with E-state index >= 15 is 0 Å². The van der Waals surface area contributed by atoms with Crippen LogP contribution in [0.3, 0.4) is 0 Å². The lowest BCUT2D eigenvalue weighted by Crippen LogP contribution is -2.39. The van der Waals surface area contributed by atoms with Crippen LogP contribution in [0.5, 0.6) is 0 Å². The van der Waals surface area contributed by atoms with E-state index in [1.165, 1.54) is 11.1 Å². The molecule has 0 amide bonds. The van der Waals surface area contributed by atoms with Gasteiger partial charge in [0.15, 0.2) is 11.7 Å². The fraction of sp³-hybridized carbons (Fsp3) is 0.444. The average molecular weight is 382 g/mol. The Morgan fingerprint density at radius 3 is 2.77 bits per heavy atom. The zero-order chi connectivity index (χ0) is 18.7. The fourth-order valence-corrected chi connectivity index (χ4v) is 3.58. The molecule has 0 aliphatic heterocycles. The topological polar surface area (TPSA) is 49.3 Å². The summed E-state index contributed by atoms with van der Waals surface area (Å²) < 4.78 is 37.9. The second-order valence-corrected chi connectivity index (χ2v) is 7.21. The quantitative estimate of drug-likeness (QED) is 0.605. The summed E-state index contributed by atoms with van der Waals surface area (Å²) in [5.74, 6) is 1.05. The van der Waals surface area contributed by atoms with E-state index in [-0.39, 0.29) is 12.6 Å². The average Bonchev–Trinajstić information content (AvgIpc) is 3.15. The first kappa shape index (κ1) is 18.7. The number of guanidine groups is 1. The molecule has 2 atom stereocenters. The van der Waals surface area contributed by atoms with Crippen molar-refractivity contribution in [2.24, 2.45) is 4.99 Å². The van der Waals surface area contributed by atoms with E-state index in [9.17, 15) is 13.2 Å². The predicted molar refractivity (Wildman–Crippen MR) is 97.4 cm³/mol. The van der Waals surface area contributed by atoms with E-state index < -0.39 is 11.9 Å². The van der Waals surface area contributed by atoms with Gasteiger partial charge in [0.2, 0.25) is 0 Å². The van der Waals surface area contributed by atoms with Gasteiger partial charge >= 0.3 is 6.18 Å². The molecule has 1 aromatic heterocycles. The normalized spacial score (nSPS) is 20.1. The molecular weight excluding hydrogens is 361 g/mol. The summed E-state index contributed by atoms with van der Waals surface area (Å²) in [6, 6.07) is 8.59. The third-order valence-corrected chi connectivity index (χ3v) is 5.09. The molecule has 140 valence electrons. The van der Waals surface area contributed by atoms with Crippen molar-refractivity contribution in [3.8, 4) is 0 Å². The van der Waals surface area contributed by atoms with Crippen LogP contribution < -0.4 is 10.6 Å². The number of hydrogen-bond donors (Lipinski definition) is 2. The molecule has 2 aromatic rings. The standard InChI is InChI=1S/C18H21F3N4S/c1-3-22-17(23-9-16-25-15(10-26-16)18(19,20)21)24-14-8-13(14)12-7-5-4-6-11(12)2/h4-7,10,13-14H,3,8-9H2,1-2H3,(H2,22,23,24). The number of hydrogen-bond acceptors (Lipinski definition) is 3. The first-order chi connectivity index (χ1) is 12.4. The van der Waals surface area contributed by atoms with Crippen LogP contribution in [-0.2, 0) is 12.7 Å². The number of halogens is 3. The number of nitrogens with one attached hydrogen (secondary N) is 2. The first-order valence-corrected chi connectivity index (χ1v) is 9.38. The number of aryl methyl sites for hydroxylation is 1. The van der Waals surface area contributed by atoms with Gasteiger partial charge in [-0.2, -0.15) is 13.2 Å². The van der Waals surface area contributed by atoms with Gasteiger partial charge in [0.25, 0.3) is 0 Å². The van der Waals surface area contributed by atoms with Crippen molar-refractivity contribution in [2.45, 2.75) is 44.9 Å². The van der Waals surface area contributed by atoms with Crippen LogP contribution in [-0.4, -0.2) is 23.5 Å². The van der Waals surface area contributed by atoms with Crippen molar-refractivity contribution in [3.63, 3.8) is 0 Å². The molecule has 0 bridgehead atoms. The molecule has 0 spiro atoms. The number of nitrogens with zero attached hydrogens (tertiary/aromatic N) is 2. The van der Waals surface area contributed by atoms with Gasteiger partial charge in [-0.3, -0.25) is 0 Å². The molecule has 1 saturated carbocycles. The second-order valence-electron chi connectivity index (χ2n) is 6.27. The predicted octanol–water partition coefficient (Wildman–Crippen LogP) is 4.08. The summed E-state index contributed by atoms with van der Waals surface area (Å²) in [6.07, 6.45) is -3.39. The maximum Gasteiger partial charge on any atom is 0.434 e. The number of rotatable bonds is 5. The largest absolute Gasteiger partial charge is 0.434 e. The molecule has 1 heterocycles. The van der Waals surface area contributed by atoms with Crippen LogP contribution in [0.4, 0.5) is 13.2 Å². The van der Waals surface area contributed by atoms with Crippen molar-refractivity contribution in [2.75, 3.05) is 6.54 Å². The number of aromatic nitrogens is 1. The Hall–Kier alpha value is -2.09. The lowest BCUT2D eigenvalue weighted by atomic mass is 10.0. The van der Waals surface area contributed by atoms with Gasteiger partial charge in [-0.15, -0.1) is 11.3 Å². The summed E-state index contributed by atoms with van der Waals surface area (Å²) in [7, 11) is 0. The van der Waals surface area contributed by atoms with E-state index in [1.54, 1.807) is 0 Å². The van der Waals surface area contributed by atoms with E-state index in [4.69, 9.17) is 0 Å². The van der Waals surface area contributed by atoms with Crippen molar-refractivity contribution < 1.29 is 13.2 Å². The summed E-state index contributed by atoms with van der Waals surface area (Å²) in [6.45, 7) is 4.86. The Balaban J connectivity index is 1.62. The van der Waals surface area contributed by atoms with E-state index in [0.29, 0.717) is 23.4 Å². The summed E-state index contributed by atoms with van der Waals surface area (Å²) in [5.41, 5.74) is 1.74. The smallest absolute Gasteiger partial charge is 0.357 e. The molecule has 26 heavy (non-hydrogen) atoms. The highest BCUT2D eigenvalue weighted by Gasteiger charge is 2.39. The van der Waals surface area contributed by atoms with Gasteiger partial charge in [-0.25, -0.2) is 9.98 Å². The minimum atomic E-state index is -4.41. The monoisotopic (exact) mass is 382 g/mol. The van der Waals surface area contributed by atoms with Crippen molar-refractivity contribution >= 4 is 17.3 Å². The first-order valence-electron chi connectivity index (χ1n) is 8.50. The molecule has 8 heteroatoms. The summed E-state index contributed by atoms with van der Waals surface area (Å²) >= 11 is 0.977. The zero-order valence-corrected chi connectivity index (χ0v) is 15.4. The third-order valence-electron chi connectivity index (χ3n) is 4.26. The maximum absolute atomic E-state index is 12.6. The molecule has 4 nitrogen and oxygen atoms in total. The van der Waals surface area contributed by atoms with Crippen LogP contribution in [0.15, 0.2) is 34.6 Å². The van der Waals surface area contributed by atoms with Gasteiger partial charge in [0.05, 0.1) is 6.54 Å². The maximum atomic E-state index is 12.6. The Morgan fingerprint density at radius 2 is 2.12 bits per heavy atom. The second kappa shape index (κ2) is 7.65. The molecule has 1 aliphatic carbocycles. The van der Waals surface area contributed by atoms with Crippen LogP contribution in [0.2, 0.25) is 0 Å². The number of benzene rings is 1. The highest BCUT2D eigenvalue weighted by molar-refractivity contribution is 7.09. The highest BCUT2D eigenvalue weighted by Crippen LogP contribution is 2.42. The van der Waals surface area contributed by atoms with Gasteiger partial charge < -0.3 is 10.6 Å². The molecule has 3 rings (SSSR count). The number of alkyl halides is 3. The third kappa shape index (κ3) is 4.55. The Morgan fingerprint density at radius 1 is 1.35 bits per heavy atom. The van der Waals surface area contributed by atoms with Gasteiger partial charge in [0.1, 0.15) is 5.01 Å². The van der Waals surface area contributed by atoms with Crippen molar-refractivity contribution in [1.29, 1.82) is 0 Å². The molecule has 2 unspecified atom stereocenters. The lowest BCUT2D eigenvalue weighted by Gasteiger charge is -2.11. The molecule has 1 aromatic carbocycles. The minimum absolute atomic E-state index is 0.123. The highest BCUT2D eigenvalue weighted by atomic mass is 32.1. The van der Waals surface area contributed by atoms with Gasteiger partial charge in [-0.05, 0) is 31.4 Å². The van der Waals surface area contributed by atoms with Gasteiger partial charge in [0, 0.05) is 23.9 Å². The summed E-state index contributed by atoms with van der Waals surface area (Å²) in [4.78, 5) is 8.00. The SMILES string of the molecule is CCNC(=NCc1nc(C(F)(F)F)cs1)NC1CC1c1ccccc1C. The van der Waals surface area contributed by atoms with E-state index in [2.05, 4.69) is 39.7 Å². The number of aliphatic imine (C=N–C) groups is 1. The van der Waals surface area contributed by atoms with Crippen molar-refractivity contribution in [1.82, 2.24) is 15.6 Å². The molecule has 2 N–H and O–H groups in total. The van der Waals surface area contributed by atoms with E-state index in [0.717, 1.165) is 23.1 Å². The van der Waals surface area contributed by atoms with Crippen LogP contribution >= 0.6 is 11.3 Å². The van der Waals surface area contributed by atoms with Crippen LogP contribution in [0, 0.1) is 6.92 Å². The zero-order valence-electron chi connectivity index (χ0n) is 14.6. The molecule has 1 aliphatic rings. The Labute approximate surface area is 154 Å². The summed E-state index contributed by atoms with van der Waals surface area (Å²) in [5, 5.41) is 7.89. The fourth-order valence-electron chi connectivity index (χ4n) is 2.86. The van der Waals surface area contributed by atoms with Crippen LogP contribution in [0.1, 0.15) is 41.1 Å². The Bertz CT molecular complexity index is 785. The van der Waals surface area contributed by atoms with Gasteiger partial charge in [-0.1, -0.05) is 24.3 Å². The molecule has 0 radical (unpaired) electrons. The van der Waals surface area contributed by atoms with Crippen LogP contribution in [0.25, 0.3) is 0 Å². The molecule has 1 fully saturated rings.